The van der Waals surface area contributed by atoms with Gasteiger partial charge in [0.2, 0.25) is 5.69 Å². The molecule has 2 aromatic carbocycles. The van der Waals surface area contributed by atoms with E-state index in [9.17, 15) is 5.26 Å². The van der Waals surface area contributed by atoms with Crippen LogP contribution in [0.1, 0.15) is 54.7 Å². The highest BCUT2D eigenvalue weighted by Crippen LogP contribution is 2.43. The van der Waals surface area contributed by atoms with Crippen LogP contribution in [0.2, 0.25) is 0 Å². The van der Waals surface area contributed by atoms with Gasteiger partial charge < -0.3 is 4.42 Å². The number of pyridine rings is 1. The molecule has 0 bridgehead atoms. The molecule has 5 rings (SSSR count). The SMILES string of the molecule is Cc1cc2oc3ccc(C#N)c(C4CCCCC4)c3c2cc1-c1cccc[n+]1C. The quantitative estimate of drug-likeness (QED) is 0.382. The van der Waals surface area contributed by atoms with Crippen molar-refractivity contribution in [3.63, 3.8) is 0 Å². The summed E-state index contributed by atoms with van der Waals surface area (Å²) in [5.74, 6) is 0.445. The average Bonchev–Trinajstić information content (AvgIpc) is 3.10. The lowest BCUT2D eigenvalue weighted by Crippen LogP contribution is -2.30. The van der Waals surface area contributed by atoms with Crippen molar-refractivity contribution in [2.45, 2.75) is 44.9 Å². The molecule has 4 aromatic rings. The summed E-state index contributed by atoms with van der Waals surface area (Å²) in [4.78, 5) is 0. The molecule has 1 aliphatic rings. The molecule has 0 radical (unpaired) electrons. The molecule has 3 nitrogen and oxygen atoms in total. The van der Waals surface area contributed by atoms with E-state index in [-0.39, 0.29) is 0 Å². The summed E-state index contributed by atoms with van der Waals surface area (Å²) in [7, 11) is 2.08. The van der Waals surface area contributed by atoms with Crippen LogP contribution >= 0.6 is 0 Å². The Morgan fingerprint density at radius 3 is 2.62 bits per heavy atom. The van der Waals surface area contributed by atoms with Gasteiger partial charge in [-0.15, -0.1) is 0 Å². The van der Waals surface area contributed by atoms with E-state index in [4.69, 9.17) is 4.42 Å². The smallest absolute Gasteiger partial charge is 0.212 e. The summed E-state index contributed by atoms with van der Waals surface area (Å²) >= 11 is 0. The number of aromatic nitrogens is 1. The molecule has 0 spiro atoms. The third-order valence-electron chi connectivity index (χ3n) is 6.49. The van der Waals surface area contributed by atoms with Crippen molar-refractivity contribution in [2.24, 2.45) is 7.05 Å². The van der Waals surface area contributed by atoms with Crippen LogP contribution in [-0.4, -0.2) is 0 Å². The molecule has 0 aliphatic heterocycles. The van der Waals surface area contributed by atoms with Crippen molar-refractivity contribution in [1.29, 1.82) is 5.26 Å². The fourth-order valence-electron chi connectivity index (χ4n) is 5.03. The second-order valence-corrected chi connectivity index (χ2v) is 8.31. The topological polar surface area (TPSA) is 40.8 Å². The summed E-state index contributed by atoms with van der Waals surface area (Å²) in [6.07, 6.45) is 8.18. The van der Waals surface area contributed by atoms with Crippen LogP contribution in [0.5, 0.6) is 0 Å². The molecular weight excluding hydrogens is 356 g/mol. The number of nitriles is 1. The van der Waals surface area contributed by atoms with Crippen LogP contribution in [0.15, 0.2) is 53.1 Å². The normalized spacial score (nSPS) is 15.1. The zero-order chi connectivity index (χ0) is 20.0. The Labute approximate surface area is 171 Å². The fourth-order valence-corrected chi connectivity index (χ4v) is 5.03. The van der Waals surface area contributed by atoms with Crippen LogP contribution in [0.3, 0.4) is 0 Å². The van der Waals surface area contributed by atoms with Gasteiger partial charge >= 0.3 is 0 Å². The third kappa shape index (κ3) is 2.91. The summed E-state index contributed by atoms with van der Waals surface area (Å²) < 4.78 is 8.42. The molecule has 29 heavy (non-hydrogen) atoms. The molecule has 3 heteroatoms. The molecule has 2 aromatic heterocycles. The molecule has 1 fully saturated rings. The lowest BCUT2D eigenvalue weighted by Gasteiger charge is -2.23. The van der Waals surface area contributed by atoms with E-state index in [1.54, 1.807) is 0 Å². The van der Waals surface area contributed by atoms with Crippen LogP contribution < -0.4 is 4.57 Å². The summed E-state index contributed by atoms with van der Waals surface area (Å²) in [6, 6.07) is 17.1. The average molecular weight is 381 g/mol. The van der Waals surface area contributed by atoms with Crippen LogP contribution in [0.25, 0.3) is 33.2 Å². The van der Waals surface area contributed by atoms with Gasteiger partial charge in [0, 0.05) is 28.5 Å². The maximum atomic E-state index is 9.85. The minimum atomic E-state index is 0.445. The lowest BCUT2D eigenvalue weighted by molar-refractivity contribution is -0.660. The van der Waals surface area contributed by atoms with Gasteiger partial charge in [-0.05, 0) is 67.1 Å². The first kappa shape index (κ1) is 17.9. The van der Waals surface area contributed by atoms with Crippen molar-refractivity contribution in [3.05, 3.63) is 65.4 Å². The summed E-state index contributed by atoms with van der Waals surface area (Å²) in [5.41, 5.74) is 7.39. The second-order valence-electron chi connectivity index (χ2n) is 8.31. The molecule has 1 saturated carbocycles. The number of benzene rings is 2. The standard InChI is InChI=1S/C26H25N2O/c1-17-14-24-21(15-20(17)22-10-6-7-13-28(22)2)26-23(29-24)12-11-19(16-27)25(26)18-8-4-3-5-9-18/h6-7,10-15,18H,3-5,8-9H2,1-2H3/q+1. The summed E-state index contributed by atoms with van der Waals surface area (Å²) in [5, 5.41) is 12.1. The van der Waals surface area contributed by atoms with Gasteiger partial charge in [0.05, 0.1) is 11.6 Å². The van der Waals surface area contributed by atoms with E-state index in [2.05, 4.69) is 55.1 Å². The van der Waals surface area contributed by atoms with Gasteiger partial charge in [-0.3, -0.25) is 0 Å². The first-order chi connectivity index (χ1) is 14.2. The number of fused-ring (bicyclic) bond motifs is 3. The molecule has 0 N–H and O–H groups in total. The molecule has 0 amide bonds. The van der Waals surface area contributed by atoms with Gasteiger partial charge in [0.1, 0.15) is 18.2 Å². The number of aryl methyl sites for hydroxylation is 2. The van der Waals surface area contributed by atoms with E-state index in [1.165, 1.54) is 41.6 Å². The first-order valence-corrected chi connectivity index (χ1v) is 10.5. The van der Waals surface area contributed by atoms with E-state index in [0.717, 1.165) is 40.3 Å². The van der Waals surface area contributed by atoms with E-state index in [1.807, 2.05) is 18.2 Å². The molecule has 0 atom stereocenters. The second kappa shape index (κ2) is 7.04. The highest BCUT2D eigenvalue weighted by molar-refractivity contribution is 6.09. The molecule has 0 saturated heterocycles. The van der Waals surface area contributed by atoms with Crippen molar-refractivity contribution in [3.8, 4) is 17.3 Å². The molecule has 1 aliphatic carbocycles. The Bertz CT molecular complexity index is 1270. The zero-order valence-electron chi connectivity index (χ0n) is 17.0. The Kier molecular flexibility index (Phi) is 4.36. The minimum absolute atomic E-state index is 0.445. The van der Waals surface area contributed by atoms with Crippen LogP contribution in [0.4, 0.5) is 0 Å². The monoisotopic (exact) mass is 381 g/mol. The number of hydrogen-bond acceptors (Lipinski definition) is 2. The van der Waals surface area contributed by atoms with Gasteiger partial charge in [-0.2, -0.15) is 5.26 Å². The van der Waals surface area contributed by atoms with Gasteiger partial charge in [-0.1, -0.05) is 19.3 Å². The molecule has 2 heterocycles. The number of rotatable bonds is 2. The van der Waals surface area contributed by atoms with E-state index >= 15 is 0 Å². The minimum Gasteiger partial charge on any atom is -0.456 e. The van der Waals surface area contributed by atoms with Crippen molar-refractivity contribution in [1.82, 2.24) is 0 Å². The Morgan fingerprint density at radius 2 is 1.86 bits per heavy atom. The number of furan rings is 1. The zero-order valence-corrected chi connectivity index (χ0v) is 17.0. The van der Waals surface area contributed by atoms with E-state index < -0.39 is 0 Å². The number of nitrogens with zero attached hydrogens (tertiary/aromatic N) is 2. The maximum Gasteiger partial charge on any atom is 0.212 e. The van der Waals surface area contributed by atoms with Crippen molar-refractivity contribution < 1.29 is 8.98 Å². The predicted molar refractivity (Wildman–Crippen MR) is 116 cm³/mol. The fraction of sp³-hybridized carbons (Fsp3) is 0.308. The molecule has 0 unspecified atom stereocenters. The third-order valence-corrected chi connectivity index (χ3v) is 6.49. The van der Waals surface area contributed by atoms with Crippen molar-refractivity contribution in [2.75, 3.05) is 0 Å². The highest BCUT2D eigenvalue weighted by Gasteiger charge is 2.25. The van der Waals surface area contributed by atoms with E-state index in [0.29, 0.717) is 5.92 Å². The number of hydrogen-bond donors (Lipinski definition) is 0. The largest absolute Gasteiger partial charge is 0.456 e. The molecular formula is C26H25N2O+. The van der Waals surface area contributed by atoms with Crippen LogP contribution in [-0.2, 0) is 7.05 Å². The Morgan fingerprint density at radius 1 is 1.03 bits per heavy atom. The van der Waals surface area contributed by atoms with Gasteiger partial charge in [0.25, 0.3) is 0 Å². The predicted octanol–water partition coefficient (Wildman–Crippen LogP) is 6.31. The molecule has 144 valence electrons. The first-order valence-electron chi connectivity index (χ1n) is 10.5. The highest BCUT2D eigenvalue weighted by atomic mass is 16.3. The Balaban J connectivity index is 1.83. The van der Waals surface area contributed by atoms with Gasteiger partial charge in [-0.25, -0.2) is 4.57 Å². The Hall–Kier alpha value is -3.12. The lowest BCUT2D eigenvalue weighted by atomic mass is 9.80. The van der Waals surface area contributed by atoms with Crippen LogP contribution in [0, 0.1) is 18.3 Å². The summed E-state index contributed by atoms with van der Waals surface area (Å²) in [6.45, 7) is 2.14. The van der Waals surface area contributed by atoms with Gasteiger partial charge in [0.15, 0.2) is 6.20 Å². The maximum absolute atomic E-state index is 9.85. The van der Waals surface area contributed by atoms with Crippen molar-refractivity contribution >= 4 is 21.9 Å².